The molecule has 0 saturated heterocycles. The van der Waals surface area contributed by atoms with Crippen molar-refractivity contribution in [2.75, 3.05) is 11.9 Å². The number of nitrogens with zero attached hydrogens (tertiary/aromatic N) is 3. The highest BCUT2D eigenvalue weighted by Crippen LogP contribution is 2.37. The van der Waals surface area contributed by atoms with Crippen LogP contribution >= 0.6 is 15.9 Å². The van der Waals surface area contributed by atoms with Crippen molar-refractivity contribution in [2.45, 2.75) is 19.4 Å². The number of anilines is 1. The summed E-state index contributed by atoms with van der Waals surface area (Å²) >= 11 is 3.63. The number of hydrogen-bond acceptors (Lipinski definition) is 2. The number of aromatic nitrogens is 2. The monoisotopic (exact) mass is 368 g/mol. The van der Waals surface area contributed by atoms with Crippen LogP contribution in [0.3, 0.4) is 0 Å². The predicted octanol–water partition coefficient (Wildman–Crippen LogP) is 4.62. The largest absolute Gasteiger partial charge is 0.339 e. The summed E-state index contributed by atoms with van der Waals surface area (Å²) in [4.78, 5) is 8.90. The standard InChI is InChI=1S/C18H17BrN4/c1-12(23-10-9-20-11-23)7-8-21-18-14-4-2-3-13-15(19)5-6-16(22-18)17(13)14/h2-6,9-12H,7-8H2,1H3,(H,21,22). The molecule has 5 heteroatoms. The highest BCUT2D eigenvalue weighted by Gasteiger charge is 2.20. The number of nitrogens with one attached hydrogen (secondary N) is 1. The van der Waals surface area contributed by atoms with Crippen LogP contribution in [0.2, 0.25) is 0 Å². The first-order valence-corrected chi connectivity index (χ1v) is 8.54. The maximum absolute atomic E-state index is 4.80. The van der Waals surface area contributed by atoms with E-state index < -0.39 is 0 Å². The van der Waals surface area contributed by atoms with Gasteiger partial charge < -0.3 is 9.88 Å². The molecule has 23 heavy (non-hydrogen) atoms. The quantitative estimate of drug-likeness (QED) is 0.729. The van der Waals surface area contributed by atoms with Gasteiger partial charge in [-0.3, -0.25) is 4.99 Å². The fourth-order valence-corrected chi connectivity index (χ4v) is 3.50. The lowest BCUT2D eigenvalue weighted by molar-refractivity contribution is 0.514. The van der Waals surface area contributed by atoms with Crippen LogP contribution in [0.15, 0.2) is 58.5 Å². The van der Waals surface area contributed by atoms with Gasteiger partial charge in [-0.2, -0.15) is 0 Å². The summed E-state index contributed by atoms with van der Waals surface area (Å²) < 4.78 is 3.24. The normalized spacial score (nSPS) is 16.0. The topological polar surface area (TPSA) is 42.2 Å². The van der Waals surface area contributed by atoms with Crippen molar-refractivity contribution in [3.8, 4) is 0 Å². The Morgan fingerprint density at radius 2 is 2.22 bits per heavy atom. The second-order valence-electron chi connectivity index (χ2n) is 5.83. The molecular formula is C18H17BrN4. The van der Waals surface area contributed by atoms with Crippen molar-refractivity contribution in [3.63, 3.8) is 0 Å². The summed E-state index contributed by atoms with van der Waals surface area (Å²) in [5.74, 6) is 0.974. The molecule has 0 bridgehead atoms. The van der Waals surface area contributed by atoms with Gasteiger partial charge in [0.15, 0.2) is 0 Å². The van der Waals surface area contributed by atoms with Crippen molar-refractivity contribution in [2.24, 2.45) is 4.99 Å². The third-order valence-electron chi connectivity index (χ3n) is 4.35. The van der Waals surface area contributed by atoms with E-state index in [-0.39, 0.29) is 0 Å². The van der Waals surface area contributed by atoms with Crippen molar-refractivity contribution < 1.29 is 0 Å². The molecule has 0 saturated carbocycles. The number of benzene rings is 2. The minimum atomic E-state index is 0.399. The van der Waals surface area contributed by atoms with E-state index in [2.05, 4.69) is 68.1 Å². The summed E-state index contributed by atoms with van der Waals surface area (Å²) in [5.41, 5.74) is 2.33. The molecule has 1 atom stereocenters. The van der Waals surface area contributed by atoms with Crippen molar-refractivity contribution in [3.05, 3.63) is 59.1 Å². The summed E-state index contributed by atoms with van der Waals surface area (Å²) in [6, 6.07) is 10.9. The molecule has 4 nitrogen and oxygen atoms in total. The molecule has 1 unspecified atom stereocenters. The number of hydrogen-bond donors (Lipinski definition) is 1. The summed E-state index contributed by atoms with van der Waals surface area (Å²) in [7, 11) is 0. The number of aliphatic imine (C=N–C) groups is 1. The van der Waals surface area contributed by atoms with Crippen LogP contribution in [-0.4, -0.2) is 21.9 Å². The van der Waals surface area contributed by atoms with Crippen LogP contribution in [-0.2, 0) is 0 Å². The molecule has 0 spiro atoms. The van der Waals surface area contributed by atoms with Crippen LogP contribution < -0.4 is 5.32 Å². The smallest absolute Gasteiger partial charge is 0.133 e. The average Bonchev–Trinajstić information content (AvgIpc) is 3.20. The zero-order chi connectivity index (χ0) is 15.8. The molecular weight excluding hydrogens is 352 g/mol. The van der Waals surface area contributed by atoms with Gasteiger partial charge in [-0.25, -0.2) is 4.98 Å². The number of halogens is 1. The van der Waals surface area contributed by atoms with Crippen LogP contribution in [0.4, 0.5) is 5.69 Å². The van der Waals surface area contributed by atoms with E-state index in [4.69, 9.17) is 4.99 Å². The molecule has 1 aliphatic heterocycles. The Morgan fingerprint density at radius 1 is 1.30 bits per heavy atom. The van der Waals surface area contributed by atoms with E-state index >= 15 is 0 Å². The number of amidine groups is 1. The van der Waals surface area contributed by atoms with Gasteiger partial charge in [-0.05, 0) is 30.9 Å². The molecule has 0 aliphatic carbocycles. The van der Waals surface area contributed by atoms with E-state index in [0.29, 0.717) is 6.04 Å². The zero-order valence-corrected chi connectivity index (χ0v) is 14.4. The molecule has 1 aromatic heterocycles. The van der Waals surface area contributed by atoms with E-state index in [9.17, 15) is 0 Å². The molecule has 1 aliphatic rings. The first-order valence-electron chi connectivity index (χ1n) is 7.74. The number of rotatable bonds is 4. The SMILES string of the molecule is CC(CCN=C1Nc2ccc(Br)c3cccc1c23)n1ccnc1. The van der Waals surface area contributed by atoms with Gasteiger partial charge in [-0.15, -0.1) is 0 Å². The van der Waals surface area contributed by atoms with E-state index in [1.807, 2.05) is 18.7 Å². The average molecular weight is 369 g/mol. The van der Waals surface area contributed by atoms with Crippen LogP contribution in [0.5, 0.6) is 0 Å². The fraction of sp³-hybridized carbons (Fsp3) is 0.222. The minimum absolute atomic E-state index is 0.399. The molecule has 4 rings (SSSR count). The van der Waals surface area contributed by atoms with Crippen molar-refractivity contribution >= 4 is 38.2 Å². The molecule has 0 amide bonds. The molecule has 2 aromatic carbocycles. The molecule has 0 fully saturated rings. The Bertz CT molecular complexity index is 883. The van der Waals surface area contributed by atoms with E-state index in [1.165, 1.54) is 16.3 Å². The third-order valence-corrected chi connectivity index (χ3v) is 5.04. The van der Waals surface area contributed by atoms with Gasteiger partial charge in [0, 0.05) is 46.1 Å². The lowest BCUT2D eigenvalue weighted by Gasteiger charge is -2.11. The maximum Gasteiger partial charge on any atom is 0.133 e. The van der Waals surface area contributed by atoms with Gasteiger partial charge in [0.1, 0.15) is 5.84 Å². The summed E-state index contributed by atoms with van der Waals surface area (Å²) in [6.45, 7) is 2.98. The highest BCUT2D eigenvalue weighted by atomic mass is 79.9. The second-order valence-corrected chi connectivity index (χ2v) is 6.68. The summed E-state index contributed by atoms with van der Waals surface area (Å²) in [5, 5.41) is 5.93. The van der Waals surface area contributed by atoms with Crippen LogP contribution in [0, 0.1) is 0 Å². The van der Waals surface area contributed by atoms with E-state index in [0.717, 1.165) is 29.0 Å². The Morgan fingerprint density at radius 3 is 3.04 bits per heavy atom. The lowest BCUT2D eigenvalue weighted by Crippen LogP contribution is -2.10. The van der Waals surface area contributed by atoms with Crippen molar-refractivity contribution in [1.29, 1.82) is 0 Å². The van der Waals surface area contributed by atoms with E-state index in [1.54, 1.807) is 0 Å². The van der Waals surface area contributed by atoms with Gasteiger partial charge in [0.05, 0.1) is 6.33 Å². The predicted molar refractivity (Wildman–Crippen MR) is 98.2 cm³/mol. The highest BCUT2D eigenvalue weighted by molar-refractivity contribution is 9.10. The second kappa shape index (κ2) is 5.81. The van der Waals surface area contributed by atoms with Crippen molar-refractivity contribution in [1.82, 2.24) is 9.55 Å². The third kappa shape index (κ3) is 2.55. The Balaban J connectivity index is 1.57. The zero-order valence-electron chi connectivity index (χ0n) is 12.8. The first kappa shape index (κ1) is 14.5. The van der Waals surface area contributed by atoms with Gasteiger partial charge >= 0.3 is 0 Å². The van der Waals surface area contributed by atoms with Gasteiger partial charge in [-0.1, -0.05) is 34.1 Å². The Hall–Kier alpha value is -2.14. The number of imidazole rings is 1. The molecule has 116 valence electrons. The van der Waals surface area contributed by atoms with Crippen LogP contribution in [0.1, 0.15) is 24.9 Å². The Labute approximate surface area is 143 Å². The molecule has 3 aromatic rings. The Kier molecular flexibility index (Phi) is 3.65. The van der Waals surface area contributed by atoms with Gasteiger partial charge in [0.25, 0.3) is 0 Å². The first-order chi connectivity index (χ1) is 11.2. The summed E-state index contributed by atoms with van der Waals surface area (Å²) in [6.07, 6.45) is 6.66. The maximum atomic E-state index is 4.80. The lowest BCUT2D eigenvalue weighted by atomic mass is 10.1. The molecule has 1 N–H and O–H groups in total. The van der Waals surface area contributed by atoms with Crippen LogP contribution in [0.25, 0.3) is 10.8 Å². The molecule has 0 radical (unpaired) electrons. The fourth-order valence-electron chi connectivity index (χ4n) is 3.03. The minimum Gasteiger partial charge on any atom is -0.339 e. The van der Waals surface area contributed by atoms with Gasteiger partial charge in [0.2, 0.25) is 0 Å². The molecule has 2 heterocycles.